The van der Waals surface area contributed by atoms with E-state index in [0.717, 1.165) is 30.4 Å². The fraction of sp³-hybridized carbons (Fsp3) is 0.435. The summed E-state index contributed by atoms with van der Waals surface area (Å²) in [7, 11) is -3.46. The van der Waals surface area contributed by atoms with E-state index in [1.54, 1.807) is 24.3 Å². The summed E-state index contributed by atoms with van der Waals surface area (Å²) in [5.41, 5.74) is 1.61. The molecule has 31 heavy (non-hydrogen) atoms. The normalized spacial score (nSPS) is 16.3. The second-order valence-corrected chi connectivity index (χ2v) is 9.81. The van der Waals surface area contributed by atoms with Crippen LogP contribution in [0.25, 0.3) is 0 Å². The van der Waals surface area contributed by atoms with Gasteiger partial charge in [0.1, 0.15) is 11.5 Å². The van der Waals surface area contributed by atoms with Gasteiger partial charge in [0.2, 0.25) is 10.0 Å². The first kappa shape index (κ1) is 22.9. The third-order valence-electron chi connectivity index (χ3n) is 4.90. The number of para-hydroxylation sites is 2. The van der Waals surface area contributed by atoms with Crippen LogP contribution < -0.4 is 19.1 Å². The van der Waals surface area contributed by atoms with Crippen LogP contribution in [0.4, 0.5) is 5.69 Å². The van der Waals surface area contributed by atoms with Crippen LogP contribution in [-0.2, 0) is 21.2 Å². The van der Waals surface area contributed by atoms with Crippen LogP contribution in [0.2, 0.25) is 0 Å². The van der Waals surface area contributed by atoms with Gasteiger partial charge in [-0.1, -0.05) is 24.3 Å². The molecule has 8 heteroatoms. The number of ether oxygens (including phenoxy) is 2. The molecule has 0 saturated carbocycles. The molecule has 1 atom stereocenters. The molecule has 0 aromatic heterocycles. The van der Waals surface area contributed by atoms with Gasteiger partial charge in [-0.05, 0) is 56.5 Å². The lowest BCUT2D eigenvalue weighted by molar-refractivity contribution is -0.128. The van der Waals surface area contributed by atoms with E-state index in [4.69, 9.17) is 9.47 Å². The zero-order valence-electron chi connectivity index (χ0n) is 18.2. The lowest BCUT2D eigenvalue weighted by Gasteiger charge is -2.20. The number of rotatable bonds is 8. The van der Waals surface area contributed by atoms with Crippen molar-refractivity contribution >= 4 is 21.6 Å². The van der Waals surface area contributed by atoms with Crippen LogP contribution in [0, 0.1) is 0 Å². The molecule has 168 valence electrons. The molecule has 0 fully saturated rings. The molecule has 0 aliphatic carbocycles. The smallest absolute Gasteiger partial charge is 0.261 e. The standard InChI is InChI=1S/C23H30N2O5S/c1-17(2)29-19-10-6-8-18(16-19)9-7-14-24-23(26)22-13-15-25(31(3,27)28)20-11-4-5-12-21(20)30-22/h4-6,8,10-12,16-17,22H,7,9,13-15H2,1-3H3,(H,24,26). The average Bonchev–Trinajstić information content (AvgIpc) is 2.90. The number of carbonyl (C=O) groups is 1. The first-order chi connectivity index (χ1) is 14.7. The molecule has 1 amide bonds. The van der Waals surface area contributed by atoms with Crippen LogP contribution in [0.1, 0.15) is 32.3 Å². The van der Waals surface area contributed by atoms with Gasteiger partial charge >= 0.3 is 0 Å². The Kier molecular flexibility index (Phi) is 7.43. The summed E-state index contributed by atoms with van der Waals surface area (Å²) in [6, 6.07) is 14.9. The maximum absolute atomic E-state index is 12.7. The zero-order chi connectivity index (χ0) is 22.4. The number of aryl methyl sites for hydroxylation is 1. The fourth-order valence-electron chi connectivity index (χ4n) is 3.52. The van der Waals surface area contributed by atoms with Crippen molar-refractivity contribution in [3.8, 4) is 11.5 Å². The first-order valence-corrected chi connectivity index (χ1v) is 12.4. The number of sulfonamides is 1. The topological polar surface area (TPSA) is 84.9 Å². The number of hydrogen-bond donors (Lipinski definition) is 1. The summed E-state index contributed by atoms with van der Waals surface area (Å²) in [5, 5.41) is 2.92. The highest BCUT2D eigenvalue weighted by molar-refractivity contribution is 7.92. The summed E-state index contributed by atoms with van der Waals surface area (Å²) >= 11 is 0. The highest BCUT2D eigenvalue weighted by Gasteiger charge is 2.30. The maximum atomic E-state index is 12.7. The van der Waals surface area contributed by atoms with Crippen molar-refractivity contribution in [3.63, 3.8) is 0 Å². The van der Waals surface area contributed by atoms with E-state index in [9.17, 15) is 13.2 Å². The molecular formula is C23H30N2O5S. The number of hydrogen-bond acceptors (Lipinski definition) is 5. The van der Waals surface area contributed by atoms with Crippen molar-refractivity contribution in [1.82, 2.24) is 5.32 Å². The Morgan fingerprint density at radius 2 is 2.00 bits per heavy atom. The molecule has 1 N–H and O–H groups in total. The van der Waals surface area contributed by atoms with Gasteiger partial charge in [-0.25, -0.2) is 8.42 Å². The van der Waals surface area contributed by atoms with E-state index in [0.29, 0.717) is 18.0 Å². The fourth-order valence-corrected chi connectivity index (χ4v) is 4.47. The van der Waals surface area contributed by atoms with Gasteiger partial charge in [0.25, 0.3) is 5.91 Å². The summed E-state index contributed by atoms with van der Waals surface area (Å²) < 4.78 is 37.2. The van der Waals surface area contributed by atoms with Crippen molar-refractivity contribution in [3.05, 3.63) is 54.1 Å². The zero-order valence-corrected chi connectivity index (χ0v) is 19.0. The monoisotopic (exact) mass is 446 g/mol. The van der Waals surface area contributed by atoms with Crippen LogP contribution in [0.3, 0.4) is 0 Å². The van der Waals surface area contributed by atoms with Crippen molar-refractivity contribution in [1.29, 1.82) is 0 Å². The van der Waals surface area contributed by atoms with E-state index >= 15 is 0 Å². The van der Waals surface area contributed by atoms with Crippen molar-refractivity contribution in [2.45, 2.75) is 45.3 Å². The molecule has 1 unspecified atom stereocenters. The highest BCUT2D eigenvalue weighted by atomic mass is 32.2. The molecule has 2 aromatic carbocycles. The number of nitrogens with zero attached hydrogens (tertiary/aromatic N) is 1. The van der Waals surface area contributed by atoms with E-state index in [-0.39, 0.29) is 25.0 Å². The van der Waals surface area contributed by atoms with Crippen molar-refractivity contribution < 1.29 is 22.7 Å². The minimum Gasteiger partial charge on any atom is -0.491 e. The lowest BCUT2D eigenvalue weighted by atomic mass is 10.1. The average molecular weight is 447 g/mol. The lowest BCUT2D eigenvalue weighted by Crippen LogP contribution is -2.40. The first-order valence-electron chi connectivity index (χ1n) is 10.5. The van der Waals surface area contributed by atoms with E-state index < -0.39 is 16.1 Å². The Morgan fingerprint density at radius 3 is 2.74 bits per heavy atom. The predicted octanol–water partition coefficient (Wildman–Crippen LogP) is 3.14. The maximum Gasteiger partial charge on any atom is 0.261 e. The van der Waals surface area contributed by atoms with Crippen molar-refractivity contribution in [2.75, 3.05) is 23.7 Å². The quantitative estimate of drug-likeness (QED) is 0.630. The van der Waals surface area contributed by atoms with Crippen LogP contribution >= 0.6 is 0 Å². The number of carbonyl (C=O) groups excluding carboxylic acids is 1. The molecule has 1 aliphatic rings. The van der Waals surface area contributed by atoms with Gasteiger partial charge in [0.05, 0.1) is 18.0 Å². The molecule has 0 saturated heterocycles. The van der Waals surface area contributed by atoms with Crippen LogP contribution in [0.15, 0.2) is 48.5 Å². The highest BCUT2D eigenvalue weighted by Crippen LogP contribution is 2.33. The third-order valence-corrected chi connectivity index (χ3v) is 6.08. The Morgan fingerprint density at radius 1 is 1.23 bits per heavy atom. The molecule has 0 radical (unpaired) electrons. The largest absolute Gasteiger partial charge is 0.491 e. The molecular weight excluding hydrogens is 416 g/mol. The molecule has 2 aromatic rings. The third kappa shape index (κ3) is 6.37. The number of benzene rings is 2. The van der Waals surface area contributed by atoms with Gasteiger partial charge in [0.15, 0.2) is 6.10 Å². The number of nitrogens with one attached hydrogen (secondary N) is 1. The van der Waals surface area contributed by atoms with Crippen molar-refractivity contribution in [2.24, 2.45) is 0 Å². The summed E-state index contributed by atoms with van der Waals surface area (Å²) in [4.78, 5) is 12.7. The van der Waals surface area contributed by atoms with Gasteiger partial charge in [-0.3, -0.25) is 9.10 Å². The SMILES string of the molecule is CC(C)Oc1cccc(CCCNC(=O)C2CCN(S(C)(=O)=O)c3ccccc3O2)c1. The predicted molar refractivity (Wildman–Crippen MR) is 121 cm³/mol. The summed E-state index contributed by atoms with van der Waals surface area (Å²) in [5.74, 6) is 1.01. The molecule has 1 heterocycles. The number of amides is 1. The van der Waals surface area contributed by atoms with E-state index in [1.165, 1.54) is 4.31 Å². The Hall–Kier alpha value is -2.74. The van der Waals surface area contributed by atoms with E-state index in [1.807, 2.05) is 38.1 Å². The Bertz CT molecular complexity index is 1010. The van der Waals surface area contributed by atoms with Gasteiger partial charge in [0, 0.05) is 19.5 Å². The Balaban J connectivity index is 1.55. The van der Waals surface area contributed by atoms with E-state index in [2.05, 4.69) is 5.32 Å². The second kappa shape index (κ2) is 10.0. The minimum absolute atomic E-state index is 0.123. The molecule has 0 spiro atoms. The van der Waals surface area contributed by atoms with Crippen LogP contribution in [-0.4, -0.2) is 45.9 Å². The van der Waals surface area contributed by atoms with Crippen LogP contribution in [0.5, 0.6) is 11.5 Å². The minimum atomic E-state index is -3.46. The van der Waals surface area contributed by atoms with Gasteiger partial charge < -0.3 is 14.8 Å². The molecule has 7 nitrogen and oxygen atoms in total. The summed E-state index contributed by atoms with van der Waals surface area (Å²) in [6.07, 6.45) is 2.41. The van der Waals surface area contributed by atoms with Gasteiger partial charge in [-0.2, -0.15) is 0 Å². The Labute approximate surface area is 184 Å². The molecule has 3 rings (SSSR count). The molecule has 1 aliphatic heterocycles. The number of fused-ring (bicyclic) bond motifs is 1. The summed E-state index contributed by atoms with van der Waals surface area (Å²) in [6.45, 7) is 4.68. The van der Waals surface area contributed by atoms with Gasteiger partial charge in [-0.15, -0.1) is 0 Å². The second-order valence-electron chi connectivity index (χ2n) is 7.91. The molecule has 0 bridgehead atoms. The number of anilines is 1.